The van der Waals surface area contributed by atoms with E-state index in [1.54, 1.807) is 0 Å². The highest BCUT2D eigenvalue weighted by atomic mass is 79.9. The van der Waals surface area contributed by atoms with Crippen LogP contribution in [0.3, 0.4) is 0 Å². The summed E-state index contributed by atoms with van der Waals surface area (Å²) in [5.74, 6) is -6.65. The number of carbonyl (C=O) groups is 1. The molecule has 1 aromatic heterocycles. The van der Waals surface area contributed by atoms with Crippen molar-refractivity contribution in [3.63, 3.8) is 0 Å². The maximum absolute atomic E-state index is 15.4. The quantitative estimate of drug-likeness (QED) is 0.468. The number of amides is 1. The Kier molecular flexibility index (Phi) is 8.01. The largest absolute Gasteiger partial charge is 0.444 e. The molecule has 0 spiro atoms. The van der Waals surface area contributed by atoms with Crippen molar-refractivity contribution in [1.29, 1.82) is 0 Å². The van der Waals surface area contributed by atoms with Crippen LogP contribution in [0.5, 0.6) is 11.6 Å². The van der Waals surface area contributed by atoms with Crippen LogP contribution in [-0.2, 0) is 21.2 Å². The fraction of sp³-hybridized carbons (Fsp3) is 0.455. The number of hydrogen-bond donors (Lipinski definition) is 2. The van der Waals surface area contributed by atoms with E-state index >= 15 is 4.39 Å². The Morgan fingerprint density at radius 2 is 1.97 bits per heavy atom. The highest BCUT2D eigenvalue weighted by Gasteiger charge is 2.57. The lowest BCUT2D eigenvalue weighted by atomic mass is 9.98. The van der Waals surface area contributed by atoms with Gasteiger partial charge in [-0.05, 0) is 60.8 Å². The zero-order chi connectivity index (χ0) is 27.9. The zero-order valence-corrected chi connectivity index (χ0v) is 22.6. The van der Waals surface area contributed by atoms with Gasteiger partial charge in [0.15, 0.2) is 23.2 Å². The van der Waals surface area contributed by atoms with Crippen LogP contribution < -0.4 is 15.2 Å². The van der Waals surface area contributed by atoms with Crippen LogP contribution in [0, 0.1) is 11.6 Å². The fourth-order valence-corrected chi connectivity index (χ4v) is 4.87. The Bertz CT molecular complexity index is 1310. The maximum Gasteiger partial charge on any atom is 0.410 e. The van der Waals surface area contributed by atoms with Crippen molar-refractivity contribution in [3.8, 4) is 11.6 Å². The number of halogens is 5. The summed E-state index contributed by atoms with van der Waals surface area (Å²) in [6.45, 7) is 3.46. The van der Waals surface area contributed by atoms with E-state index in [-0.39, 0.29) is 15.9 Å². The van der Waals surface area contributed by atoms with Gasteiger partial charge in [-0.3, -0.25) is 4.90 Å². The van der Waals surface area contributed by atoms with Gasteiger partial charge in [-0.1, -0.05) is 12.1 Å². The molecule has 1 saturated heterocycles. The van der Waals surface area contributed by atoms with Crippen molar-refractivity contribution in [1.82, 2.24) is 14.6 Å². The highest BCUT2D eigenvalue weighted by molar-refractivity contribution is 9.10. The van der Waals surface area contributed by atoms with Crippen LogP contribution in [0.4, 0.5) is 28.2 Å². The summed E-state index contributed by atoms with van der Waals surface area (Å²) in [5, 5.41) is 0. The molecule has 0 unspecified atom stereocenters. The number of anilines is 1. The molecular formula is C22H25BrF4N4O5S. The van der Waals surface area contributed by atoms with Crippen molar-refractivity contribution in [2.45, 2.75) is 50.8 Å². The van der Waals surface area contributed by atoms with Gasteiger partial charge >= 0.3 is 6.09 Å². The minimum Gasteiger partial charge on any atom is -0.444 e. The van der Waals surface area contributed by atoms with Crippen molar-refractivity contribution in [2.24, 2.45) is 0 Å². The molecule has 9 nitrogen and oxygen atoms in total. The predicted octanol–water partition coefficient (Wildman–Crippen LogP) is 4.21. The normalized spacial score (nSPS) is 19.6. The molecule has 3 rings (SSSR count). The first kappa shape index (κ1) is 28.9. The molecule has 15 heteroatoms. The van der Waals surface area contributed by atoms with Crippen LogP contribution in [0.2, 0.25) is 0 Å². The first-order chi connectivity index (χ1) is 16.9. The molecule has 2 aromatic rings. The lowest BCUT2D eigenvalue weighted by Crippen LogP contribution is -2.52. The van der Waals surface area contributed by atoms with Gasteiger partial charge in [-0.2, -0.15) is 4.98 Å². The SMILES string of the molecule is CC(C)(C)OC(=O)N1CC(F)(F)[C@H](NS(C)(=O)=O)[C@@H]1Cc1cccc(Oc2nc(N)c(F)cc2Br)c1F. The minimum atomic E-state index is -4.14. The van der Waals surface area contributed by atoms with Gasteiger partial charge in [0.05, 0.1) is 23.3 Å². The van der Waals surface area contributed by atoms with Gasteiger partial charge in [-0.25, -0.2) is 35.5 Å². The van der Waals surface area contributed by atoms with E-state index in [0.29, 0.717) is 11.2 Å². The van der Waals surface area contributed by atoms with Crippen molar-refractivity contribution < 1.29 is 40.2 Å². The molecule has 2 atom stereocenters. The molecule has 37 heavy (non-hydrogen) atoms. The van der Waals surface area contributed by atoms with Crippen LogP contribution in [-0.4, -0.2) is 60.8 Å². The Morgan fingerprint density at radius 1 is 1.32 bits per heavy atom. The van der Waals surface area contributed by atoms with Gasteiger partial charge in [0.1, 0.15) is 11.6 Å². The van der Waals surface area contributed by atoms with E-state index < -0.39 is 75.9 Å². The Labute approximate surface area is 219 Å². The Hall–Kier alpha value is -2.65. The topological polar surface area (TPSA) is 124 Å². The zero-order valence-electron chi connectivity index (χ0n) is 20.2. The Balaban J connectivity index is 1.99. The average molecular weight is 613 g/mol. The van der Waals surface area contributed by atoms with Crippen LogP contribution in [0.25, 0.3) is 0 Å². The smallest absolute Gasteiger partial charge is 0.410 e. The number of likely N-dealkylation sites (tertiary alicyclic amines) is 1. The van der Waals surface area contributed by atoms with Crippen LogP contribution in [0.1, 0.15) is 26.3 Å². The number of nitrogens with one attached hydrogen (secondary N) is 1. The standard InChI is InChI=1S/C22H25BrF4N4O5S/c1-21(2,3)36-20(32)31-10-22(26,27)17(30-37(4,33)34)14(31)8-11-6-5-7-15(16(11)25)35-19-12(23)9-13(24)18(28)29-19/h5-7,9,14,17,30H,8,10H2,1-4H3,(H2,28,29)/t14-,17+/m0/s1. The lowest BCUT2D eigenvalue weighted by Gasteiger charge is -2.30. The molecule has 204 valence electrons. The minimum absolute atomic E-state index is 0.0351. The summed E-state index contributed by atoms with van der Waals surface area (Å²) in [4.78, 5) is 17.2. The third-order valence-corrected chi connectivity index (χ3v) is 6.44. The number of alkyl halides is 2. The second kappa shape index (κ2) is 10.3. The summed E-state index contributed by atoms with van der Waals surface area (Å²) in [5.41, 5.74) is 4.24. The average Bonchev–Trinajstić information content (AvgIpc) is 2.97. The molecule has 2 heterocycles. The molecule has 0 saturated carbocycles. The summed E-state index contributed by atoms with van der Waals surface area (Å²) < 4.78 is 95.3. The first-order valence-corrected chi connectivity index (χ1v) is 13.5. The number of benzene rings is 1. The number of carbonyl (C=O) groups excluding carboxylic acids is 1. The Morgan fingerprint density at radius 3 is 2.57 bits per heavy atom. The van der Waals surface area contributed by atoms with Crippen molar-refractivity contribution >= 4 is 37.9 Å². The van der Waals surface area contributed by atoms with Gasteiger partial charge in [0.25, 0.3) is 5.92 Å². The number of aromatic nitrogens is 1. The van der Waals surface area contributed by atoms with E-state index in [4.69, 9.17) is 15.2 Å². The number of nitrogens with zero attached hydrogens (tertiary/aromatic N) is 2. The van der Waals surface area contributed by atoms with E-state index in [9.17, 15) is 26.4 Å². The summed E-state index contributed by atoms with van der Waals surface area (Å²) in [6.07, 6.45) is -0.937. The number of sulfonamides is 1. The predicted molar refractivity (Wildman–Crippen MR) is 130 cm³/mol. The molecular weight excluding hydrogens is 588 g/mol. The molecule has 0 aliphatic carbocycles. The summed E-state index contributed by atoms with van der Waals surface area (Å²) >= 11 is 3.04. The van der Waals surface area contributed by atoms with E-state index in [1.165, 1.54) is 39.0 Å². The maximum atomic E-state index is 15.4. The van der Waals surface area contributed by atoms with Gasteiger partial charge in [0.2, 0.25) is 15.9 Å². The molecule has 1 fully saturated rings. The number of ether oxygens (including phenoxy) is 2. The molecule has 1 aliphatic rings. The molecule has 0 radical (unpaired) electrons. The van der Waals surface area contributed by atoms with Gasteiger partial charge < -0.3 is 15.2 Å². The molecule has 1 amide bonds. The van der Waals surface area contributed by atoms with E-state index in [2.05, 4.69) is 20.9 Å². The summed E-state index contributed by atoms with van der Waals surface area (Å²) in [7, 11) is -4.14. The van der Waals surface area contributed by atoms with E-state index in [0.717, 1.165) is 6.07 Å². The number of hydrogen-bond acceptors (Lipinski definition) is 7. The number of pyridine rings is 1. The van der Waals surface area contributed by atoms with Gasteiger partial charge in [-0.15, -0.1) is 0 Å². The fourth-order valence-electron chi connectivity index (χ4n) is 3.70. The van der Waals surface area contributed by atoms with Gasteiger partial charge in [0, 0.05) is 0 Å². The highest BCUT2D eigenvalue weighted by Crippen LogP contribution is 2.38. The second-order valence-corrected chi connectivity index (χ2v) is 12.1. The second-order valence-electron chi connectivity index (χ2n) is 9.48. The molecule has 1 aromatic carbocycles. The number of nitrogen functional groups attached to an aromatic ring is 1. The van der Waals surface area contributed by atoms with Crippen molar-refractivity contribution in [3.05, 3.63) is 45.9 Å². The third kappa shape index (κ3) is 7.02. The third-order valence-electron chi connectivity index (χ3n) is 5.19. The summed E-state index contributed by atoms with van der Waals surface area (Å²) in [6, 6.07) is 1.24. The number of nitrogens with two attached hydrogens (primary N) is 1. The van der Waals surface area contributed by atoms with Crippen LogP contribution in [0.15, 0.2) is 28.7 Å². The monoisotopic (exact) mass is 612 g/mol. The molecule has 0 bridgehead atoms. The lowest BCUT2D eigenvalue weighted by molar-refractivity contribution is -0.0122. The first-order valence-electron chi connectivity index (χ1n) is 10.8. The number of rotatable bonds is 6. The van der Waals surface area contributed by atoms with Crippen LogP contribution >= 0.6 is 15.9 Å². The molecule has 1 aliphatic heterocycles. The molecule has 3 N–H and O–H groups in total. The van der Waals surface area contributed by atoms with E-state index in [1.807, 2.05) is 4.72 Å². The van der Waals surface area contributed by atoms with Crippen molar-refractivity contribution in [2.75, 3.05) is 18.5 Å².